The normalized spacial score (nSPS) is 21.8. The van der Waals surface area contributed by atoms with Crippen molar-refractivity contribution in [2.75, 3.05) is 13.1 Å². The van der Waals surface area contributed by atoms with Gasteiger partial charge in [0.15, 0.2) is 0 Å². The van der Waals surface area contributed by atoms with Gasteiger partial charge in [0, 0.05) is 31.3 Å². The SMILES string of the molecule is Cc1cc(F)c2[nH]c(S(=O)(=O)N3CCCC3)cc2c1C1CC(F)(F)C1. The summed E-state index contributed by atoms with van der Waals surface area (Å²) in [6.07, 6.45) is 1.03. The molecule has 136 valence electrons. The molecule has 1 aromatic heterocycles. The molecule has 0 spiro atoms. The molecule has 0 atom stereocenters. The van der Waals surface area contributed by atoms with Gasteiger partial charge in [0.25, 0.3) is 10.0 Å². The average molecular weight is 372 g/mol. The lowest BCUT2D eigenvalue weighted by molar-refractivity contribution is -0.0865. The van der Waals surface area contributed by atoms with Crippen LogP contribution in [0.4, 0.5) is 13.2 Å². The molecule has 25 heavy (non-hydrogen) atoms. The molecule has 0 bridgehead atoms. The van der Waals surface area contributed by atoms with Crippen molar-refractivity contribution in [3.05, 3.63) is 29.1 Å². The number of nitrogens with one attached hydrogen (secondary N) is 1. The lowest BCUT2D eigenvalue weighted by atomic mass is 9.74. The van der Waals surface area contributed by atoms with Crippen LogP contribution in [-0.2, 0) is 10.0 Å². The summed E-state index contributed by atoms with van der Waals surface area (Å²) in [7, 11) is -3.72. The number of hydrogen-bond acceptors (Lipinski definition) is 2. The predicted octanol–water partition coefficient (Wildman–Crippen LogP) is 3.91. The fourth-order valence-corrected chi connectivity index (χ4v) is 5.51. The number of halogens is 3. The van der Waals surface area contributed by atoms with Crippen LogP contribution in [0.5, 0.6) is 0 Å². The maximum Gasteiger partial charge on any atom is 0.258 e. The molecule has 8 heteroatoms. The second kappa shape index (κ2) is 5.48. The van der Waals surface area contributed by atoms with Crippen LogP contribution in [0.3, 0.4) is 0 Å². The first-order valence-corrected chi connectivity index (χ1v) is 9.83. The number of fused-ring (bicyclic) bond motifs is 1. The average Bonchev–Trinajstić information content (AvgIpc) is 3.15. The highest BCUT2D eigenvalue weighted by Crippen LogP contribution is 2.51. The van der Waals surface area contributed by atoms with Gasteiger partial charge in [0.2, 0.25) is 5.92 Å². The van der Waals surface area contributed by atoms with Crippen LogP contribution < -0.4 is 0 Å². The van der Waals surface area contributed by atoms with Crippen molar-refractivity contribution in [1.82, 2.24) is 9.29 Å². The van der Waals surface area contributed by atoms with Crippen LogP contribution in [0.15, 0.2) is 17.2 Å². The Hall–Kier alpha value is -1.54. The number of nitrogens with zero attached hydrogens (tertiary/aromatic N) is 1. The summed E-state index contributed by atoms with van der Waals surface area (Å²) in [5, 5.41) is 0.331. The minimum absolute atomic E-state index is 0.0683. The Kier molecular flexibility index (Phi) is 3.70. The van der Waals surface area contributed by atoms with Gasteiger partial charge in [-0.25, -0.2) is 21.6 Å². The molecule has 0 amide bonds. The Bertz CT molecular complexity index is 938. The molecule has 1 aliphatic carbocycles. The number of aromatic amines is 1. The van der Waals surface area contributed by atoms with Crippen LogP contribution in [0.1, 0.15) is 42.7 Å². The molecule has 1 N–H and O–H groups in total. The Morgan fingerprint density at radius 1 is 1.20 bits per heavy atom. The lowest BCUT2D eigenvalue weighted by Gasteiger charge is -2.36. The summed E-state index contributed by atoms with van der Waals surface area (Å²) >= 11 is 0. The van der Waals surface area contributed by atoms with Crippen LogP contribution in [0.2, 0.25) is 0 Å². The van der Waals surface area contributed by atoms with Gasteiger partial charge in [-0.1, -0.05) is 0 Å². The van der Waals surface area contributed by atoms with Crippen molar-refractivity contribution < 1.29 is 21.6 Å². The number of sulfonamides is 1. The first kappa shape index (κ1) is 16.9. The van der Waals surface area contributed by atoms with E-state index >= 15 is 0 Å². The van der Waals surface area contributed by atoms with Crippen molar-refractivity contribution in [2.24, 2.45) is 0 Å². The van der Waals surface area contributed by atoms with Gasteiger partial charge in [-0.15, -0.1) is 0 Å². The maximum atomic E-state index is 14.4. The van der Waals surface area contributed by atoms with E-state index in [1.54, 1.807) is 6.92 Å². The molecule has 2 aromatic rings. The van der Waals surface area contributed by atoms with Crippen LogP contribution >= 0.6 is 0 Å². The molecule has 2 aliphatic rings. The zero-order valence-corrected chi connectivity index (χ0v) is 14.6. The highest BCUT2D eigenvalue weighted by molar-refractivity contribution is 7.89. The molecular formula is C17H19F3N2O2S. The second-order valence-corrected chi connectivity index (χ2v) is 8.99. The highest BCUT2D eigenvalue weighted by Gasteiger charge is 2.47. The number of benzene rings is 1. The summed E-state index contributed by atoms with van der Waals surface area (Å²) in [6.45, 7) is 2.57. The molecule has 0 unspecified atom stereocenters. The molecule has 0 radical (unpaired) electrons. The summed E-state index contributed by atoms with van der Waals surface area (Å²) in [6, 6.07) is 2.70. The van der Waals surface area contributed by atoms with E-state index in [2.05, 4.69) is 4.98 Å². The van der Waals surface area contributed by atoms with Gasteiger partial charge in [0.05, 0.1) is 5.52 Å². The quantitative estimate of drug-likeness (QED) is 0.888. The lowest BCUT2D eigenvalue weighted by Crippen LogP contribution is -2.34. The van der Waals surface area contributed by atoms with Gasteiger partial charge in [-0.3, -0.25) is 0 Å². The third kappa shape index (κ3) is 2.66. The first-order valence-electron chi connectivity index (χ1n) is 8.39. The third-order valence-electron chi connectivity index (χ3n) is 5.27. The Balaban J connectivity index is 1.84. The fourth-order valence-electron chi connectivity index (χ4n) is 4.00. The molecule has 2 fully saturated rings. The van der Waals surface area contributed by atoms with Crippen molar-refractivity contribution >= 4 is 20.9 Å². The van der Waals surface area contributed by atoms with Crippen molar-refractivity contribution in [2.45, 2.75) is 49.5 Å². The van der Waals surface area contributed by atoms with E-state index < -0.39 is 21.8 Å². The standard InChI is InChI=1S/C17H19F3N2O2S/c1-10-6-13(18)16-12(15(10)11-8-17(19,20)9-11)7-14(21-16)25(23,24)22-4-2-3-5-22/h6-7,11,21H,2-5,8-9H2,1H3. The first-order chi connectivity index (χ1) is 11.7. The van der Waals surface area contributed by atoms with E-state index in [0.717, 1.165) is 12.8 Å². The fraction of sp³-hybridized carbons (Fsp3) is 0.529. The summed E-state index contributed by atoms with van der Waals surface area (Å²) in [4.78, 5) is 2.68. The monoisotopic (exact) mass is 372 g/mol. The number of rotatable bonds is 3. The Morgan fingerprint density at radius 3 is 2.44 bits per heavy atom. The second-order valence-electron chi connectivity index (χ2n) is 7.08. The zero-order valence-electron chi connectivity index (χ0n) is 13.8. The predicted molar refractivity (Wildman–Crippen MR) is 87.9 cm³/mol. The van der Waals surface area contributed by atoms with E-state index in [0.29, 0.717) is 29.6 Å². The van der Waals surface area contributed by atoms with Crippen LogP contribution in [0.25, 0.3) is 10.9 Å². The van der Waals surface area contributed by atoms with Crippen molar-refractivity contribution in [1.29, 1.82) is 0 Å². The van der Waals surface area contributed by atoms with Gasteiger partial charge in [0.1, 0.15) is 10.8 Å². The Labute approximate surface area is 144 Å². The molecule has 4 nitrogen and oxygen atoms in total. The molecule has 1 aliphatic heterocycles. The van der Waals surface area contributed by atoms with Gasteiger partial charge >= 0.3 is 0 Å². The third-order valence-corrected chi connectivity index (χ3v) is 7.09. The van der Waals surface area contributed by atoms with Gasteiger partial charge in [-0.2, -0.15) is 4.31 Å². The molecular weight excluding hydrogens is 353 g/mol. The van der Waals surface area contributed by atoms with Crippen molar-refractivity contribution in [3.63, 3.8) is 0 Å². The van der Waals surface area contributed by atoms with E-state index in [1.807, 2.05) is 0 Å². The van der Waals surface area contributed by atoms with E-state index in [9.17, 15) is 21.6 Å². The molecule has 2 heterocycles. The number of alkyl halides is 2. The summed E-state index contributed by atoms with van der Waals surface area (Å²) in [5.41, 5.74) is 1.28. The maximum absolute atomic E-state index is 14.4. The molecule has 1 saturated heterocycles. The van der Waals surface area contributed by atoms with Gasteiger partial charge in [-0.05, 0) is 48.9 Å². The highest BCUT2D eigenvalue weighted by atomic mass is 32.2. The number of aromatic nitrogens is 1. The number of H-pyrrole nitrogens is 1. The molecule has 1 saturated carbocycles. The van der Waals surface area contributed by atoms with Gasteiger partial charge < -0.3 is 4.98 Å². The summed E-state index contributed by atoms with van der Waals surface area (Å²) < 4.78 is 67.8. The molecule has 1 aromatic carbocycles. The smallest absolute Gasteiger partial charge is 0.258 e. The molecule has 4 rings (SSSR count). The van der Waals surface area contributed by atoms with E-state index in [1.165, 1.54) is 16.4 Å². The van der Waals surface area contributed by atoms with E-state index in [4.69, 9.17) is 0 Å². The van der Waals surface area contributed by atoms with E-state index in [-0.39, 0.29) is 29.3 Å². The zero-order chi connectivity index (χ0) is 18.0. The number of aryl methyl sites for hydroxylation is 1. The topological polar surface area (TPSA) is 53.2 Å². The largest absolute Gasteiger partial charge is 0.342 e. The van der Waals surface area contributed by atoms with Crippen LogP contribution in [0, 0.1) is 12.7 Å². The Morgan fingerprint density at radius 2 is 1.84 bits per heavy atom. The van der Waals surface area contributed by atoms with Crippen molar-refractivity contribution in [3.8, 4) is 0 Å². The number of hydrogen-bond donors (Lipinski definition) is 1. The van der Waals surface area contributed by atoms with Crippen LogP contribution in [-0.4, -0.2) is 36.7 Å². The minimum atomic E-state index is -3.72. The minimum Gasteiger partial charge on any atom is -0.342 e. The summed E-state index contributed by atoms with van der Waals surface area (Å²) in [5.74, 6) is -3.64.